The average molecular weight is 449 g/mol. The maximum absolute atomic E-state index is 12.6. The summed E-state index contributed by atoms with van der Waals surface area (Å²) >= 11 is 0. The summed E-state index contributed by atoms with van der Waals surface area (Å²) in [6.07, 6.45) is 4.86. The van der Waals surface area contributed by atoms with Crippen LogP contribution in [0.3, 0.4) is 0 Å². The van der Waals surface area contributed by atoms with E-state index in [4.69, 9.17) is 14.2 Å². The molecule has 0 spiro atoms. The summed E-state index contributed by atoms with van der Waals surface area (Å²) in [7, 11) is 0. The third kappa shape index (κ3) is 5.89. The van der Waals surface area contributed by atoms with Gasteiger partial charge in [0.05, 0.1) is 12.0 Å². The Morgan fingerprint density at radius 1 is 1.09 bits per heavy atom. The quantitative estimate of drug-likeness (QED) is 0.341. The molecule has 0 N–H and O–H groups in total. The van der Waals surface area contributed by atoms with Crippen LogP contribution >= 0.6 is 0 Å². The molecule has 1 heterocycles. The molecule has 33 heavy (non-hydrogen) atoms. The van der Waals surface area contributed by atoms with Crippen molar-refractivity contribution in [1.29, 1.82) is 0 Å². The number of fused-ring (bicyclic) bond motifs is 1. The molecule has 6 heteroatoms. The standard InChI is InChI=1S/C27H28O6/c1-18(28)31-21(13-12-19-8-4-2-5-9-19)14-15-22-23-16-26(29)32-25(23)17-24(22)33-27(30)20-10-6-3-7-11-20/h2-11,14-15,21-25H,12-13,16-17H2,1H3. The first kappa shape index (κ1) is 22.8. The normalized spacial score (nSPS) is 24.8. The third-order valence-corrected chi connectivity index (χ3v) is 6.24. The molecule has 1 aliphatic carbocycles. The lowest BCUT2D eigenvalue weighted by Crippen LogP contribution is -2.25. The summed E-state index contributed by atoms with van der Waals surface area (Å²) in [4.78, 5) is 36.2. The van der Waals surface area contributed by atoms with Crippen LogP contribution in [0.25, 0.3) is 0 Å². The number of aryl methyl sites for hydroxylation is 1. The lowest BCUT2D eigenvalue weighted by molar-refractivity contribution is -0.144. The van der Waals surface area contributed by atoms with E-state index in [2.05, 4.69) is 0 Å². The number of ether oxygens (including phenoxy) is 3. The lowest BCUT2D eigenvalue weighted by atomic mass is 9.91. The number of hydrogen-bond acceptors (Lipinski definition) is 6. The number of carbonyl (C=O) groups is 3. The van der Waals surface area contributed by atoms with Gasteiger partial charge in [0.2, 0.25) is 0 Å². The van der Waals surface area contributed by atoms with Crippen LogP contribution in [0.5, 0.6) is 0 Å². The maximum Gasteiger partial charge on any atom is 0.338 e. The van der Waals surface area contributed by atoms with E-state index in [1.165, 1.54) is 6.92 Å². The molecule has 6 nitrogen and oxygen atoms in total. The van der Waals surface area contributed by atoms with E-state index < -0.39 is 18.2 Å². The van der Waals surface area contributed by atoms with E-state index >= 15 is 0 Å². The van der Waals surface area contributed by atoms with Gasteiger partial charge < -0.3 is 14.2 Å². The second-order valence-corrected chi connectivity index (χ2v) is 8.58. The third-order valence-electron chi connectivity index (χ3n) is 6.24. The number of benzene rings is 2. The molecule has 0 aromatic heterocycles. The molecule has 0 bridgehead atoms. The van der Waals surface area contributed by atoms with Crippen molar-refractivity contribution in [2.24, 2.45) is 11.8 Å². The summed E-state index contributed by atoms with van der Waals surface area (Å²) < 4.78 is 16.8. The average Bonchev–Trinajstić information content (AvgIpc) is 3.32. The largest absolute Gasteiger partial charge is 0.462 e. The minimum absolute atomic E-state index is 0.0607. The number of rotatable bonds is 8. The number of esters is 3. The van der Waals surface area contributed by atoms with Gasteiger partial charge >= 0.3 is 17.9 Å². The number of carbonyl (C=O) groups excluding carboxylic acids is 3. The Kier molecular flexibility index (Phi) is 7.23. The fourth-order valence-corrected chi connectivity index (χ4v) is 4.68. The summed E-state index contributed by atoms with van der Waals surface area (Å²) in [6, 6.07) is 18.8. The van der Waals surface area contributed by atoms with Gasteiger partial charge in [0, 0.05) is 25.2 Å². The fraction of sp³-hybridized carbons (Fsp3) is 0.370. The van der Waals surface area contributed by atoms with Gasteiger partial charge in [0.15, 0.2) is 0 Å². The highest BCUT2D eigenvalue weighted by Gasteiger charge is 2.50. The van der Waals surface area contributed by atoms with E-state index in [0.29, 0.717) is 24.8 Å². The highest BCUT2D eigenvalue weighted by molar-refractivity contribution is 5.89. The Labute approximate surface area is 193 Å². The minimum Gasteiger partial charge on any atom is -0.462 e. The SMILES string of the molecule is CC(=O)OC(C=CC1C(OC(=O)c2ccccc2)CC2OC(=O)CC21)CCc1ccccc1. The zero-order chi connectivity index (χ0) is 23.2. The molecule has 0 radical (unpaired) electrons. The number of hydrogen-bond donors (Lipinski definition) is 0. The first-order valence-electron chi connectivity index (χ1n) is 11.3. The van der Waals surface area contributed by atoms with Gasteiger partial charge in [-0.15, -0.1) is 0 Å². The van der Waals surface area contributed by atoms with Crippen molar-refractivity contribution in [2.45, 2.75) is 50.9 Å². The van der Waals surface area contributed by atoms with E-state index in [0.717, 1.165) is 12.0 Å². The Balaban J connectivity index is 1.48. The molecule has 1 saturated carbocycles. The van der Waals surface area contributed by atoms with Crippen molar-refractivity contribution in [3.63, 3.8) is 0 Å². The molecular weight excluding hydrogens is 420 g/mol. The van der Waals surface area contributed by atoms with Gasteiger partial charge in [0.1, 0.15) is 18.3 Å². The molecular formula is C27H28O6. The second kappa shape index (κ2) is 10.5. The molecule has 1 saturated heterocycles. The van der Waals surface area contributed by atoms with Crippen LogP contribution in [0, 0.1) is 11.8 Å². The van der Waals surface area contributed by atoms with Crippen LogP contribution < -0.4 is 0 Å². The molecule has 5 unspecified atom stereocenters. The summed E-state index contributed by atoms with van der Waals surface area (Å²) in [5, 5.41) is 0. The smallest absolute Gasteiger partial charge is 0.338 e. The first-order valence-corrected chi connectivity index (χ1v) is 11.3. The van der Waals surface area contributed by atoms with Gasteiger partial charge in [-0.25, -0.2) is 4.79 Å². The van der Waals surface area contributed by atoms with Gasteiger partial charge in [-0.3, -0.25) is 9.59 Å². The van der Waals surface area contributed by atoms with Gasteiger partial charge in [-0.05, 0) is 36.6 Å². The molecule has 5 atom stereocenters. The molecule has 2 aromatic rings. The van der Waals surface area contributed by atoms with E-state index in [1.807, 2.05) is 48.6 Å². The van der Waals surface area contributed by atoms with Crippen LogP contribution in [0.15, 0.2) is 72.8 Å². The molecule has 2 aliphatic rings. The molecule has 2 fully saturated rings. The highest BCUT2D eigenvalue weighted by atomic mass is 16.6. The zero-order valence-corrected chi connectivity index (χ0v) is 18.6. The van der Waals surface area contributed by atoms with Crippen molar-refractivity contribution in [3.8, 4) is 0 Å². The Morgan fingerprint density at radius 3 is 2.48 bits per heavy atom. The Bertz CT molecular complexity index is 1000. The van der Waals surface area contributed by atoms with E-state index in [-0.39, 0.29) is 29.9 Å². The van der Waals surface area contributed by atoms with Crippen LogP contribution in [0.1, 0.15) is 42.1 Å². The van der Waals surface area contributed by atoms with Gasteiger partial charge in [-0.1, -0.05) is 54.6 Å². The topological polar surface area (TPSA) is 78.9 Å². The van der Waals surface area contributed by atoms with E-state index in [9.17, 15) is 14.4 Å². The lowest BCUT2D eigenvalue weighted by Gasteiger charge is -2.21. The molecule has 2 aromatic carbocycles. The Hall–Kier alpha value is -3.41. The van der Waals surface area contributed by atoms with Gasteiger partial charge in [0.25, 0.3) is 0 Å². The van der Waals surface area contributed by atoms with Crippen molar-refractivity contribution in [2.75, 3.05) is 0 Å². The van der Waals surface area contributed by atoms with Crippen molar-refractivity contribution < 1.29 is 28.6 Å². The zero-order valence-electron chi connectivity index (χ0n) is 18.6. The van der Waals surface area contributed by atoms with Crippen molar-refractivity contribution >= 4 is 17.9 Å². The minimum atomic E-state index is -0.413. The fourth-order valence-electron chi connectivity index (χ4n) is 4.68. The monoisotopic (exact) mass is 448 g/mol. The van der Waals surface area contributed by atoms with Crippen LogP contribution in [0.2, 0.25) is 0 Å². The Morgan fingerprint density at radius 2 is 1.79 bits per heavy atom. The second-order valence-electron chi connectivity index (χ2n) is 8.58. The molecule has 0 amide bonds. The summed E-state index contributed by atoms with van der Waals surface area (Å²) in [6.45, 7) is 1.39. The predicted molar refractivity (Wildman–Crippen MR) is 121 cm³/mol. The van der Waals surface area contributed by atoms with Crippen molar-refractivity contribution in [3.05, 3.63) is 83.9 Å². The van der Waals surface area contributed by atoms with Gasteiger partial charge in [-0.2, -0.15) is 0 Å². The predicted octanol–water partition coefficient (Wildman–Crippen LogP) is 4.28. The van der Waals surface area contributed by atoms with Crippen LogP contribution in [-0.4, -0.2) is 36.2 Å². The molecule has 4 rings (SSSR count). The van der Waals surface area contributed by atoms with Crippen LogP contribution in [-0.2, 0) is 30.2 Å². The first-order chi connectivity index (χ1) is 16.0. The molecule has 172 valence electrons. The summed E-state index contributed by atoms with van der Waals surface area (Å²) in [5.74, 6) is -1.23. The van der Waals surface area contributed by atoms with Crippen molar-refractivity contribution in [1.82, 2.24) is 0 Å². The van der Waals surface area contributed by atoms with E-state index in [1.54, 1.807) is 24.3 Å². The highest BCUT2D eigenvalue weighted by Crippen LogP contribution is 2.43. The summed E-state index contributed by atoms with van der Waals surface area (Å²) in [5.41, 5.74) is 1.64. The maximum atomic E-state index is 12.6. The van der Waals surface area contributed by atoms with Crippen LogP contribution in [0.4, 0.5) is 0 Å². The molecule has 1 aliphatic heterocycles.